The van der Waals surface area contributed by atoms with E-state index in [1.165, 1.54) is 7.05 Å². The van der Waals surface area contributed by atoms with Crippen LogP contribution in [-0.2, 0) is 4.74 Å². The third-order valence-corrected chi connectivity index (χ3v) is 1.88. The lowest BCUT2D eigenvalue weighted by molar-refractivity contribution is 0.157. The molecule has 0 heterocycles. The zero-order chi connectivity index (χ0) is 12.7. The highest BCUT2D eigenvalue weighted by Gasteiger charge is 2.16. The quantitative estimate of drug-likeness (QED) is 0.716. The van der Waals surface area contributed by atoms with Crippen LogP contribution in [0.15, 0.2) is 0 Å². The van der Waals surface area contributed by atoms with Crippen LogP contribution in [0.25, 0.3) is 0 Å². The third-order valence-electron chi connectivity index (χ3n) is 1.51. The van der Waals surface area contributed by atoms with Gasteiger partial charge in [0, 0.05) is 13.1 Å². The predicted molar refractivity (Wildman–Crippen MR) is 64.2 cm³/mol. The number of carbonyl (C=O) groups is 2. The molecule has 0 aromatic rings. The Morgan fingerprint density at radius 3 is 2.44 bits per heavy atom. The number of carbonyl (C=O) groups excluding carboxylic acids is 2. The summed E-state index contributed by atoms with van der Waals surface area (Å²) in [7, 11) is 1.46. The average molecular weight is 247 g/mol. The maximum Gasteiger partial charge on any atom is 0.413 e. The van der Waals surface area contributed by atoms with E-state index in [9.17, 15) is 9.59 Å². The molecule has 0 spiro atoms. The van der Waals surface area contributed by atoms with E-state index in [2.05, 4.69) is 15.4 Å². The van der Waals surface area contributed by atoms with Crippen molar-refractivity contribution in [1.82, 2.24) is 15.5 Å². The molecule has 6 nitrogen and oxygen atoms in total. The number of alkyl carbamates (subject to hydrolysis) is 1. The summed E-state index contributed by atoms with van der Waals surface area (Å²) in [5.74, 6) is 0. The molecule has 92 valence electrons. The lowest BCUT2D eigenvalue weighted by Crippen LogP contribution is -2.49. The summed E-state index contributed by atoms with van der Waals surface area (Å²) in [6.07, 6.45) is -0.670. The number of hydrogen-bond donors (Lipinski definition) is 2. The Morgan fingerprint density at radius 2 is 2.00 bits per heavy atom. The maximum atomic E-state index is 11.5. The second-order valence-electron chi connectivity index (χ2n) is 3.31. The molecule has 0 saturated carbocycles. The van der Waals surface area contributed by atoms with Crippen molar-refractivity contribution in [2.45, 2.75) is 26.8 Å². The Labute approximate surface area is 100 Å². The van der Waals surface area contributed by atoms with Gasteiger partial charge in [-0.3, -0.25) is 10.2 Å². The number of ether oxygens (including phenoxy) is 1. The Kier molecular flexibility index (Phi) is 6.40. The first-order chi connectivity index (χ1) is 7.38. The number of hydrogen-bond acceptors (Lipinski definition) is 4. The van der Waals surface area contributed by atoms with E-state index < -0.39 is 6.09 Å². The van der Waals surface area contributed by atoms with Crippen molar-refractivity contribution in [2.75, 3.05) is 13.7 Å². The van der Waals surface area contributed by atoms with Crippen LogP contribution in [0.3, 0.4) is 0 Å². The van der Waals surface area contributed by atoms with Crippen molar-refractivity contribution in [3.8, 4) is 0 Å². The van der Waals surface area contributed by atoms with Crippen molar-refractivity contribution >= 4 is 29.5 Å². The average Bonchev–Trinajstić information content (AvgIpc) is 2.15. The smallest absolute Gasteiger partial charge is 0.413 e. The summed E-state index contributed by atoms with van der Waals surface area (Å²) in [4.78, 5) is 23.6. The van der Waals surface area contributed by atoms with E-state index in [-0.39, 0.29) is 23.8 Å². The van der Waals surface area contributed by atoms with Crippen LogP contribution in [-0.4, -0.2) is 41.8 Å². The SMILES string of the molecule is CCOC(=O)NC(=S)N(C)C(=O)NC(C)C. The number of amides is 3. The minimum atomic E-state index is -0.670. The fourth-order valence-electron chi connectivity index (χ4n) is 0.774. The lowest BCUT2D eigenvalue weighted by atomic mass is 10.4. The molecular formula is C9H17N3O3S. The molecule has 0 bridgehead atoms. The first-order valence-electron chi connectivity index (χ1n) is 4.90. The molecular weight excluding hydrogens is 230 g/mol. The van der Waals surface area contributed by atoms with Crippen LogP contribution in [0.1, 0.15) is 20.8 Å². The van der Waals surface area contributed by atoms with Gasteiger partial charge in [-0.1, -0.05) is 0 Å². The Bertz CT molecular complexity index is 281. The van der Waals surface area contributed by atoms with Gasteiger partial charge in [-0.15, -0.1) is 0 Å². The van der Waals surface area contributed by atoms with Crippen LogP contribution in [0.2, 0.25) is 0 Å². The largest absolute Gasteiger partial charge is 0.450 e. The standard InChI is InChI=1S/C9H17N3O3S/c1-5-15-9(14)11-8(16)12(4)7(13)10-6(2)3/h6H,5H2,1-4H3,(H,10,13)(H,11,14,16). The second-order valence-corrected chi connectivity index (χ2v) is 3.70. The highest BCUT2D eigenvalue weighted by Crippen LogP contribution is 1.90. The van der Waals surface area contributed by atoms with E-state index in [1.807, 2.05) is 13.8 Å². The topological polar surface area (TPSA) is 70.7 Å². The van der Waals surface area contributed by atoms with Crippen molar-refractivity contribution in [3.05, 3.63) is 0 Å². The number of nitrogens with one attached hydrogen (secondary N) is 2. The summed E-state index contributed by atoms with van der Waals surface area (Å²) in [6, 6.07) is -0.378. The predicted octanol–water partition coefficient (Wildman–Crippen LogP) is 1.07. The van der Waals surface area contributed by atoms with E-state index in [0.29, 0.717) is 0 Å². The highest BCUT2D eigenvalue weighted by atomic mass is 32.1. The van der Waals surface area contributed by atoms with Gasteiger partial charge in [0.25, 0.3) is 0 Å². The van der Waals surface area contributed by atoms with Crippen molar-refractivity contribution in [2.24, 2.45) is 0 Å². The van der Waals surface area contributed by atoms with Gasteiger partial charge in [-0.05, 0) is 33.0 Å². The maximum absolute atomic E-state index is 11.5. The minimum Gasteiger partial charge on any atom is -0.450 e. The summed E-state index contributed by atoms with van der Waals surface area (Å²) < 4.78 is 4.63. The number of rotatable bonds is 2. The van der Waals surface area contributed by atoms with Crippen LogP contribution in [0.5, 0.6) is 0 Å². The van der Waals surface area contributed by atoms with Gasteiger partial charge in [-0.25, -0.2) is 9.59 Å². The molecule has 3 amide bonds. The fraction of sp³-hybridized carbons (Fsp3) is 0.667. The van der Waals surface area contributed by atoms with Crippen molar-refractivity contribution < 1.29 is 14.3 Å². The summed E-state index contributed by atoms with van der Waals surface area (Å²) >= 11 is 4.85. The second kappa shape index (κ2) is 7.00. The van der Waals surface area contributed by atoms with E-state index >= 15 is 0 Å². The molecule has 0 saturated heterocycles. The first-order valence-corrected chi connectivity index (χ1v) is 5.31. The Balaban J connectivity index is 4.17. The third kappa shape index (κ3) is 5.50. The Hall–Kier alpha value is -1.37. The lowest BCUT2D eigenvalue weighted by Gasteiger charge is -2.20. The number of urea groups is 1. The molecule has 0 aromatic heterocycles. The van der Waals surface area contributed by atoms with E-state index in [1.54, 1.807) is 6.92 Å². The molecule has 16 heavy (non-hydrogen) atoms. The molecule has 0 aliphatic carbocycles. The van der Waals surface area contributed by atoms with Crippen LogP contribution < -0.4 is 10.6 Å². The van der Waals surface area contributed by atoms with Gasteiger partial charge in [0.05, 0.1) is 6.61 Å². The molecule has 0 aliphatic rings. The van der Waals surface area contributed by atoms with Gasteiger partial charge in [0.1, 0.15) is 0 Å². The molecule has 2 N–H and O–H groups in total. The minimum absolute atomic E-state index is 0.000318. The molecule has 0 unspecified atom stereocenters. The number of nitrogens with zero attached hydrogens (tertiary/aromatic N) is 1. The van der Waals surface area contributed by atoms with Crippen molar-refractivity contribution in [1.29, 1.82) is 0 Å². The van der Waals surface area contributed by atoms with Crippen LogP contribution in [0.4, 0.5) is 9.59 Å². The molecule has 7 heteroatoms. The molecule has 0 aromatic carbocycles. The normalized spacial score (nSPS) is 9.56. The Morgan fingerprint density at radius 1 is 1.44 bits per heavy atom. The number of thiocarbonyl (C=S) groups is 1. The zero-order valence-electron chi connectivity index (χ0n) is 9.86. The van der Waals surface area contributed by atoms with Gasteiger partial charge in [-0.2, -0.15) is 0 Å². The fourth-order valence-corrected chi connectivity index (χ4v) is 0.941. The van der Waals surface area contributed by atoms with Crippen LogP contribution in [0, 0.1) is 0 Å². The molecule has 0 radical (unpaired) electrons. The summed E-state index contributed by atoms with van der Waals surface area (Å²) in [5.41, 5.74) is 0. The molecule has 0 atom stereocenters. The van der Waals surface area contributed by atoms with E-state index in [4.69, 9.17) is 12.2 Å². The first kappa shape index (κ1) is 14.6. The highest BCUT2D eigenvalue weighted by molar-refractivity contribution is 7.80. The van der Waals surface area contributed by atoms with Crippen molar-refractivity contribution in [3.63, 3.8) is 0 Å². The van der Waals surface area contributed by atoms with Gasteiger partial charge >= 0.3 is 12.1 Å². The molecule has 0 rings (SSSR count). The summed E-state index contributed by atoms with van der Waals surface area (Å²) in [6.45, 7) is 5.58. The zero-order valence-corrected chi connectivity index (χ0v) is 10.7. The van der Waals surface area contributed by atoms with Gasteiger partial charge < -0.3 is 10.1 Å². The van der Waals surface area contributed by atoms with E-state index in [0.717, 1.165) is 4.90 Å². The van der Waals surface area contributed by atoms with Gasteiger partial charge in [0.2, 0.25) is 0 Å². The van der Waals surface area contributed by atoms with Crippen LogP contribution >= 0.6 is 12.2 Å². The monoisotopic (exact) mass is 247 g/mol. The molecule has 0 aliphatic heterocycles. The van der Waals surface area contributed by atoms with Gasteiger partial charge in [0.15, 0.2) is 5.11 Å². The summed E-state index contributed by atoms with van der Waals surface area (Å²) in [5, 5.41) is 4.90. The molecule has 0 fully saturated rings.